The van der Waals surface area contributed by atoms with Gasteiger partial charge in [0.15, 0.2) is 5.78 Å². The van der Waals surface area contributed by atoms with Gasteiger partial charge in [0.2, 0.25) is 0 Å². The Labute approximate surface area is 187 Å². The van der Waals surface area contributed by atoms with Gasteiger partial charge in [-0.05, 0) is 28.8 Å². The van der Waals surface area contributed by atoms with E-state index in [0.717, 1.165) is 27.8 Å². The molecule has 0 bridgehead atoms. The number of benzene rings is 3. The molecule has 1 saturated carbocycles. The second kappa shape index (κ2) is 9.89. The van der Waals surface area contributed by atoms with Crippen LogP contribution in [-0.4, -0.2) is 5.78 Å². The van der Waals surface area contributed by atoms with E-state index in [1.54, 1.807) is 0 Å². The quantitative estimate of drug-likeness (QED) is 0.319. The number of rotatable bonds is 3. The maximum absolute atomic E-state index is 12.8. The molecule has 1 fully saturated rings. The number of Topliss-reactive ketones (excluding diaryl/α,β-unsaturated/α-hetero) is 1. The third-order valence-electron chi connectivity index (χ3n) is 4.52. The monoisotopic (exact) mass is 534 g/mol. The van der Waals surface area contributed by atoms with E-state index in [1.807, 2.05) is 91.0 Å². The molecule has 0 N–H and O–H groups in total. The minimum Gasteiger partial charge on any atom is -0.289 e. The van der Waals surface area contributed by atoms with Crippen molar-refractivity contribution in [1.29, 1.82) is 0 Å². The maximum atomic E-state index is 12.8. The Morgan fingerprint density at radius 3 is 1.33 bits per heavy atom. The van der Waals surface area contributed by atoms with E-state index in [0.29, 0.717) is 0 Å². The van der Waals surface area contributed by atoms with E-state index in [2.05, 4.69) is 12.1 Å². The van der Waals surface area contributed by atoms with Crippen LogP contribution in [0.5, 0.6) is 0 Å². The molecule has 0 atom stereocenters. The van der Waals surface area contributed by atoms with Crippen molar-refractivity contribution in [3.63, 3.8) is 0 Å². The molecule has 1 nitrogen and oxygen atoms in total. The summed E-state index contributed by atoms with van der Waals surface area (Å²) < 4.78 is 0. The number of hydrogen-bond donors (Lipinski definition) is 0. The summed E-state index contributed by atoms with van der Waals surface area (Å²) in [6.45, 7) is 0. The number of ketones is 1. The van der Waals surface area contributed by atoms with Gasteiger partial charge in [0.1, 0.15) is 0 Å². The second-order valence-electron chi connectivity index (χ2n) is 6.19. The second-order valence-corrected chi connectivity index (χ2v) is 6.19. The molecule has 3 aromatic rings. The van der Waals surface area contributed by atoms with Crippen LogP contribution < -0.4 is 0 Å². The first-order valence-electron chi connectivity index (χ1n) is 8.46. The number of carbonyl (C=O) groups is 1. The van der Waals surface area contributed by atoms with Crippen molar-refractivity contribution in [2.75, 3.05) is 0 Å². The Bertz CT molecular complexity index is 886. The smallest absolute Gasteiger partial charge is 0.186 e. The SMILES string of the molecule is O=C1C(=Cc2ccccc2)C(c2ccccc2)C1=Cc1ccccc1.[Pd].[Pd]. The van der Waals surface area contributed by atoms with Gasteiger partial charge in [0.05, 0.1) is 0 Å². The first-order chi connectivity index (χ1) is 12.3. The van der Waals surface area contributed by atoms with Gasteiger partial charge >= 0.3 is 0 Å². The van der Waals surface area contributed by atoms with Crippen molar-refractivity contribution >= 4 is 17.9 Å². The molecule has 3 heteroatoms. The molecule has 0 unspecified atom stereocenters. The number of hydrogen-bond acceptors (Lipinski definition) is 1. The molecular formula is C24H18OPd2. The Morgan fingerprint density at radius 1 is 0.556 bits per heavy atom. The van der Waals surface area contributed by atoms with Crippen molar-refractivity contribution in [2.45, 2.75) is 5.92 Å². The Hall–Kier alpha value is -1.87. The summed E-state index contributed by atoms with van der Waals surface area (Å²) in [5.41, 5.74) is 5.00. The zero-order valence-corrected chi connectivity index (χ0v) is 17.5. The van der Waals surface area contributed by atoms with Gasteiger partial charge in [0.25, 0.3) is 0 Å². The van der Waals surface area contributed by atoms with Gasteiger partial charge in [-0.25, -0.2) is 0 Å². The molecule has 27 heavy (non-hydrogen) atoms. The Morgan fingerprint density at radius 2 is 0.926 bits per heavy atom. The molecule has 0 aliphatic heterocycles. The summed E-state index contributed by atoms with van der Waals surface area (Å²) >= 11 is 0. The van der Waals surface area contributed by atoms with Crippen LogP contribution in [0.25, 0.3) is 12.2 Å². The fourth-order valence-electron chi connectivity index (χ4n) is 3.28. The fraction of sp³-hybridized carbons (Fsp3) is 0.0417. The van der Waals surface area contributed by atoms with Crippen molar-refractivity contribution in [2.24, 2.45) is 0 Å². The number of allylic oxidation sites excluding steroid dienone is 2. The minimum absolute atomic E-state index is 0. The van der Waals surface area contributed by atoms with Crippen LogP contribution in [0.4, 0.5) is 0 Å². The molecule has 3 aromatic carbocycles. The van der Waals surface area contributed by atoms with Crippen molar-refractivity contribution < 1.29 is 45.6 Å². The summed E-state index contributed by atoms with van der Waals surface area (Å²) in [4.78, 5) is 12.8. The summed E-state index contributed by atoms with van der Waals surface area (Å²) in [5.74, 6) is 0.177. The van der Waals surface area contributed by atoms with Gasteiger partial charge in [-0.15, -0.1) is 0 Å². The zero-order valence-electron chi connectivity index (χ0n) is 14.4. The first-order valence-corrected chi connectivity index (χ1v) is 8.46. The Balaban J connectivity index is 0.00000131. The molecule has 0 aromatic heterocycles. The summed E-state index contributed by atoms with van der Waals surface area (Å²) in [5, 5.41) is 0. The number of carbonyl (C=O) groups excluding carboxylic acids is 1. The minimum atomic E-state index is 0. The molecular weight excluding hydrogens is 517 g/mol. The van der Waals surface area contributed by atoms with Gasteiger partial charge in [-0.2, -0.15) is 0 Å². The van der Waals surface area contributed by atoms with Crippen LogP contribution in [-0.2, 0) is 45.6 Å². The largest absolute Gasteiger partial charge is 0.289 e. The third-order valence-corrected chi connectivity index (χ3v) is 4.52. The van der Waals surface area contributed by atoms with Crippen LogP contribution in [0.1, 0.15) is 22.6 Å². The van der Waals surface area contributed by atoms with Crippen molar-refractivity contribution in [3.05, 3.63) is 119 Å². The van der Waals surface area contributed by atoms with Gasteiger partial charge in [-0.3, -0.25) is 4.79 Å². The van der Waals surface area contributed by atoms with Crippen LogP contribution >= 0.6 is 0 Å². The van der Waals surface area contributed by atoms with Crippen molar-refractivity contribution in [1.82, 2.24) is 0 Å². The van der Waals surface area contributed by atoms with Crippen LogP contribution in [0.3, 0.4) is 0 Å². The predicted molar refractivity (Wildman–Crippen MR) is 103 cm³/mol. The van der Waals surface area contributed by atoms with E-state index in [9.17, 15) is 4.79 Å². The van der Waals surface area contributed by atoms with Crippen LogP contribution in [0, 0.1) is 0 Å². The standard InChI is InChI=1S/C24H18O.2Pd/c25-24-21(16-18-10-4-1-5-11-18)23(20-14-8-3-9-15-20)22(24)17-19-12-6-2-7-13-19;;/h1-17,23H;;. The maximum Gasteiger partial charge on any atom is 0.186 e. The average Bonchev–Trinajstić information content (AvgIpc) is 2.69. The molecule has 1 aliphatic carbocycles. The fourth-order valence-corrected chi connectivity index (χ4v) is 3.28. The topological polar surface area (TPSA) is 17.1 Å². The molecule has 0 amide bonds. The van der Waals surface area contributed by atoms with Gasteiger partial charge in [0, 0.05) is 57.9 Å². The van der Waals surface area contributed by atoms with E-state index < -0.39 is 0 Å². The first kappa shape index (κ1) is 21.4. The van der Waals surface area contributed by atoms with E-state index in [1.165, 1.54) is 0 Å². The van der Waals surface area contributed by atoms with Gasteiger partial charge < -0.3 is 0 Å². The zero-order chi connectivity index (χ0) is 17.1. The summed E-state index contributed by atoms with van der Waals surface area (Å²) in [7, 11) is 0. The molecule has 0 spiro atoms. The van der Waals surface area contributed by atoms with Crippen molar-refractivity contribution in [3.8, 4) is 0 Å². The molecule has 4 rings (SSSR count). The summed E-state index contributed by atoms with van der Waals surface area (Å²) in [6.07, 6.45) is 4.03. The molecule has 1 aliphatic rings. The summed E-state index contributed by atoms with van der Waals surface area (Å²) in [6, 6.07) is 30.3. The molecule has 140 valence electrons. The van der Waals surface area contributed by atoms with Crippen LogP contribution in [0.2, 0.25) is 0 Å². The molecule has 0 saturated heterocycles. The van der Waals surface area contributed by atoms with Crippen LogP contribution in [0.15, 0.2) is 102 Å². The Kier molecular flexibility index (Phi) is 7.85. The molecule has 0 heterocycles. The normalized spacial score (nSPS) is 18.4. The van der Waals surface area contributed by atoms with E-state index in [4.69, 9.17) is 0 Å². The average molecular weight is 535 g/mol. The molecule has 0 radical (unpaired) electrons. The van der Waals surface area contributed by atoms with E-state index >= 15 is 0 Å². The van der Waals surface area contributed by atoms with E-state index in [-0.39, 0.29) is 52.5 Å². The predicted octanol–water partition coefficient (Wildman–Crippen LogP) is 5.52. The third kappa shape index (κ3) is 4.70. The van der Waals surface area contributed by atoms with Gasteiger partial charge in [-0.1, -0.05) is 91.0 Å².